The molecule has 3 N–H and O–H groups in total. The normalized spacial score (nSPS) is 14.7. The van der Waals surface area contributed by atoms with E-state index in [-0.39, 0.29) is 40.6 Å². The van der Waals surface area contributed by atoms with Crippen molar-refractivity contribution >= 4 is 50.7 Å². The molecule has 0 fully saturated rings. The Labute approximate surface area is 184 Å². The van der Waals surface area contributed by atoms with Gasteiger partial charge in [0.15, 0.2) is 0 Å². The molecule has 0 spiro atoms. The molecule has 1 heterocycles. The molecule has 1 aliphatic rings. The van der Waals surface area contributed by atoms with E-state index in [0.717, 1.165) is 18.2 Å². The molecule has 2 aromatic rings. The number of halogens is 3. The Morgan fingerprint density at radius 1 is 1.22 bits per heavy atom. The third-order valence-electron chi connectivity index (χ3n) is 4.59. The number of carbonyl (C=O) groups excluding carboxylic acids is 1. The molecule has 3 rings (SSSR count). The number of sulfonamides is 1. The Kier molecular flexibility index (Phi) is 6.98. The van der Waals surface area contributed by atoms with Crippen molar-refractivity contribution in [1.82, 2.24) is 0 Å². The number of fused-ring (bicyclic) bond motifs is 1. The molecule has 1 aliphatic heterocycles. The van der Waals surface area contributed by atoms with Crippen LogP contribution in [-0.2, 0) is 43.3 Å². The Hall–Kier alpha value is -2.42. The van der Waals surface area contributed by atoms with Crippen molar-refractivity contribution in [3.63, 3.8) is 0 Å². The van der Waals surface area contributed by atoms with Gasteiger partial charge in [-0.1, -0.05) is 6.07 Å². The van der Waals surface area contributed by atoms with Crippen LogP contribution < -0.4 is 15.5 Å². The first-order chi connectivity index (χ1) is 14.9. The fraction of sp³-hybridized carbons (Fsp3) is 0.278. The first-order valence-electron chi connectivity index (χ1n) is 9.13. The van der Waals surface area contributed by atoms with Gasteiger partial charge in [0.1, 0.15) is 0 Å². The van der Waals surface area contributed by atoms with Crippen LogP contribution in [0.3, 0.4) is 0 Å². The number of hydrogen-bond acceptors (Lipinski definition) is 6. The molecule has 0 radical (unpaired) electrons. The largest absolute Gasteiger partial charge is 0.491 e. The molecule has 1 amide bonds. The fourth-order valence-electron chi connectivity index (χ4n) is 3.06. The van der Waals surface area contributed by atoms with Crippen LogP contribution in [-0.4, -0.2) is 48.9 Å². The van der Waals surface area contributed by atoms with Crippen molar-refractivity contribution in [1.29, 1.82) is 0 Å². The molecule has 1 unspecified atom stereocenters. The first-order valence-corrected chi connectivity index (χ1v) is 12.3. The van der Waals surface area contributed by atoms with Crippen LogP contribution in [0.2, 0.25) is 0 Å². The maximum absolute atomic E-state index is 13.0. The summed E-state index contributed by atoms with van der Waals surface area (Å²) >= 11 is 0. The maximum atomic E-state index is 13.0. The Balaban J connectivity index is 1.92. The molecule has 0 saturated carbocycles. The molecule has 1 atom stereocenters. The van der Waals surface area contributed by atoms with E-state index < -0.39 is 40.0 Å². The summed E-state index contributed by atoms with van der Waals surface area (Å²) in [5, 5.41) is 11.5. The van der Waals surface area contributed by atoms with E-state index in [0.29, 0.717) is 11.0 Å². The highest BCUT2D eigenvalue weighted by atomic mass is 32.2. The van der Waals surface area contributed by atoms with Gasteiger partial charge in [-0.25, -0.2) is 8.42 Å². The number of carbonyl (C=O) groups is 1. The minimum absolute atomic E-state index is 0.0220. The van der Waals surface area contributed by atoms with Gasteiger partial charge < -0.3 is 15.0 Å². The molecule has 0 saturated heterocycles. The number of amides is 1. The highest BCUT2D eigenvalue weighted by Crippen LogP contribution is 2.26. The molecule has 8 nitrogen and oxygen atoms in total. The van der Waals surface area contributed by atoms with Crippen LogP contribution >= 0.6 is 0 Å². The molecule has 0 aliphatic carbocycles. The van der Waals surface area contributed by atoms with Crippen LogP contribution in [0.25, 0.3) is 0 Å². The predicted molar refractivity (Wildman–Crippen MR) is 113 cm³/mol. The van der Waals surface area contributed by atoms with Crippen molar-refractivity contribution in [3.05, 3.63) is 47.5 Å². The van der Waals surface area contributed by atoms with Crippen molar-refractivity contribution in [2.45, 2.75) is 24.1 Å². The van der Waals surface area contributed by atoms with Gasteiger partial charge in [0, 0.05) is 34.2 Å². The number of nitrogens with one attached hydrogen (secondary N) is 2. The zero-order chi connectivity index (χ0) is 23.7. The van der Waals surface area contributed by atoms with Crippen molar-refractivity contribution in [3.8, 4) is 0 Å². The number of anilines is 2. The second-order valence-corrected chi connectivity index (χ2v) is 10.2. The predicted octanol–water partition coefficient (Wildman–Crippen LogP) is 1.13. The highest BCUT2D eigenvalue weighted by Gasteiger charge is 2.38. The lowest BCUT2D eigenvalue weighted by atomic mass is 9.79. The van der Waals surface area contributed by atoms with E-state index in [2.05, 4.69) is 4.72 Å². The van der Waals surface area contributed by atoms with Gasteiger partial charge in [-0.3, -0.25) is 13.7 Å². The van der Waals surface area contributed by atoms with Gasteiger partial charge in [0.05, 0.1) is 11.5 Å². The number of rotatable bonds is 7. The zero-order valence-corrected chi connectivity index (χ0v) is 18.2. The number of hydrogen-bond donors (Lipinski definition) is 3. The monoisotopic (exact) mass is 490 g/mol. The van der Waals surface area contributed by atoms with Crippen molar-refractivity contribution < 1.29 is 40.3 Å². The summed E-state index contributed by atoms with van der Waals surface area (Å²) in [5.41, 5.74) is 1.10. The molecule has 14 heteroatoms. The van der Waals surface area contributed by atoms with Crippen LogP contribution in [0.15, 0.2) is 41.3 Å². The van der Waals surface area contributed by atoms with Gasteiger partial charge in [-0.2, -0.15) is 13.2 Å². The van der Waals surface area contributed by atoms with E-state index in [9.17, 15) is 35.6 Å². The Morgan fingerprint density at radius 2 is 1.91 bits per heavy atom. The van der Waals surface area contributed by atoms with Crippen LogP contribution in [0, 0.1) is 0 Å². The topological polar surface area (TPSA) is 122 Å². The number of benzene rings is 2. The van der Waals surface area contributed by atoms with Crippen LogP contribution in [0.4, 0.5) is 24.5 Å². The van der Waals surface area contributed by atoms with Crippen LogP contribution in [0.1, 0.15) is 11.1 Å². The van der Waals surface area contributed by atoms with Gasteiger partial charge in [0.25, 0.3) is 10.0 Å². The summed E-state index contributed by atoms with van der Waals surface area (Å²) in [6, 6.07) is 7.70. The molecule has 172 valence electrons. The minimum atomic E-state index is -5.11. The van der Waals surface area contributed by atoms with E-state index in [1.165, 1.54) is 18.4 Å². The summed E-state index contributed by atoms with van der Waals surface area (Å²) in [5.74, 6) is -2.14. The summed E-state index contributed by atoms with van der Waals surface area (Å²) < 4.78 is 82.5. The molecular weight excluding hydrogens is 472 g/mol. The SMILES string of the molecule is CS(=O)CCc1cc(NC(=O)C(F)(F)F)ccc1S(=O)(=O)Nc1ccc2c(c1)B(O)OC2. The molecule has 2 aromatic carbocycles. The van der Waals surface area contributed by atoms with Gasteiger partial charge >= 0.3 is 19.2 Å². The molecule has 32 heavy (non-hydrogen) atoms. The third kappa shape index (κ3) is 5.68. The lowest BCUT2D eigenvalue weighted by molar-refractivity contribution is -0.167. The zero-order valence-electron chi connectivity index (χ0n) is 16.6. The average Bonchev–Trinajstić information content (AvgIpc) is 3.05. The second-order valence-electron chi connectivity index (χ2n) is 6.98. The number of alkyl halides is 3. The summed E-state index contributed by atoms with van der Waals surface area (Å²) in [4.78, 5) is 11.0. The minimum Gasteiger partial charge on any atom is -0.423 e. The van der Waals surface area contributed by atoms with E-state index in [4.69, 9.17) is 4.65 Å². The first kappa shape index (κ1) is 24.2. The Morgan fingerprint density at radius 3 is 2.56 bits per heavy atom. The smallest absolute Gasteiger partial charge is 0.423 e. The lowest BCUT2D eigenvalue weighted by Gasteiger charge is -2.15. The van der Waals surface area contributed by atoms with E-state index in [1.807, 2.05) is 0 Å². The highest BCUT2D eigenvalue weighted by molar-refractivity contribution is 7.92. The van der Waals surface area contributed by atoms with Crippen LogP contribution in [0.5, 0.6) is 0 Å². The van der Waals surface area contributed by atoms with Gasteiger partial charge in [-0.05, 0) is 53.3 Å². The van der Waals surface area contributed by atoms with E-state index >= 15 is 0 Å². The molecule has 0 aromatic heterocycles. The van der Waals surface area contributed by atoms with Crippen molar-refractivity contribution in [2.24, 2.45) is 0 Å². The number of aryl methyl sites for hydroxylation is 1. The summed E-state index contributed by atoms with van der Waals surface area (Å²) in [7, 11) is -6.69. The van der Waals surface area contributed by atoms with Crippen molar-refractivity contribution in [2.75, 3.05) is 22.0 Å². The fourth-order valence-corrected chi connectivity index (χ4v) is 4.87. The van der Waals surface area contributed by atoms with E-state index in [1.54, 1.807) is 11.4 Å². The Bertz CT molecular complexity index is 1170. The summed E-state index contributed by atoms with van der Waals surface area (Å²) in [6.07, 6.45) is -3.73. The van der Waals surface area contributed by atoms with Gasteiger partial charge in [-0.15, -0.1) is 0 Å². The summed E-state index contributed by atoms with van der Waals surface area (Å²) in [6.45, 7) is 0.187. The molecular formula is C18H18BF3N2O6S2. The maximum Gasteiger partial charge on any atom is 0.491 e. The second kappa shape index (κ2) is 9.21. The lowest BCUT2D eigenvalue weighted by Crippen LogP contribution is -2.30. The quantitative estimate of drug-likeness (QED) is 0.501. The standard InChI is InChI=1S/C18H18BF3N2O6S2/c1-31(27)7-6-11-8-13(23-17(25)18(20,21)22)4-5-16(11)32(28,29)24-14-3-2-12-10-30-19(26)15(12)9-14/h2-5,8-9,24,26H,6-7,10H2,1H3,(H,23,25). The average molecular weight is 490 g/mol. The van der Waals surface area contributed by atoms with Gasteiger partial charge in [0.2, 0.25) is 0 Å². The third-order valence-corrected chi connectivity index (χ3v) is 6.85. The molecule has 0 bridgehead atoms.